The van der Waals surface area contributed by atoms with Gasteiger partial charge in [-0.3, -0.25) is 4.79 Å². The molecular formula is C23H24ClNO4. The molecule has 5 nitrogen and oxygen atoms in total. The molecule has 1 N–H and O–H groups in total. The molecule has 0 saturated heterocycles. The van der Waals surface area contributed by atoms with Crippen LogP contribution in [0.15, 0.2) is 30.3 Å². The van der Waals surface area contributed by atoms with E-state index in [-0.39, 0.29) is 11.5 Å². The summed E-state index contributed by atoms with van der Waals surface area (Å²) in [6.45, 7) is 8.10. The number of hydrogen-bond donors (Lipinski definition) is 1. The van der Waals surface area contributed by atoms with E-state index in [2.05, 4.69) is 0 Å². The Labute approximate surface area is 174 Å². The average molecular weight is 414 g/mol. The van der Waals surface area contributed by atoms with Crippen molar-refractivity contribution >= 4 is 34.3 Å². The van der Waals surface area contributed by atoms with Crippen LogP contribution in [0.3, 0.4) is 0 Å². The van der Waals surface area contributed by atoms with Crippen molar-refractivity contribution in [2.75, 3.05) is 6.61 Å². The van der Waals surface area contributed by atoms with Gasteiger partial charge in [-0.1, -0.05) is 11.6 Å². The Hall–Kier alpha value is -2.79. The van der Waals surface area contributed by atoms with Gasteiger partial charge in [-0.2, -0.15) is 0 Å². The number of aromatic carboxylic acids is 1. The summed E-state index contributed by atoms with van der Waals surface area (Å²) in [5.41, 5.74) is 4.22. The van der Waals surface area contributed by atoms with Gasteiger partial charge < -0.3 is 14.4 Å². The average Bonchev–Trinajstić information content (AvgIpc) is 2.94. The van der Waals surface area contributed by atoms with E-state index < -0.39 is 5.97 Å². The van der Waals surface area contributed by atoms with Crippen LogP contribution in [-0.2, 0) is 6.54 Å². The minimum Gasteiger partial charge on any atom is -0.494 e. The van der Waals surface area contributed by atoms with Crippen molar-refractivity contribution in [2.24, 2.45) is 0 Å². The maximum atomic E-state index is 11.9. The summed E-state index contributed by atoms with van der Waals surface area (Å²) in [4.78, 5) is 23.6. The van der Waals surface area contributed by atoms with E-state index in [1.807, 2.05) is 32.0 Å². The molecule has 0 spiro atoms. The topological polar surface area (TPSA) is 68.5 Å². The lowest BCUT2D eigenvalue weighted by molar-refractivity contribution is 0.0684. The molecule has 0 amide bonds. The second-order valence-corrected chi connectivity index (χ2v) is 7.67. The second-order valence-electron chi connectivity index (χ2n) is 7.29. The van der Waals surface area contributed by atoms with Crippen molar-refractivity contribution in [3.63, 3.8) is 0 Å². The molecule has 152 valence electrons. The highest BCUT2D eigenvalue weighted by Gasteiger charge is 2.20. The lowest BCUT2D eigenvalue weighted by Crippen LogP contribution is -2.12. The van der Waals surface area contributed by atoms with E-state index in [1.54, 1.807) is 23.6 Å². The Morgan fingerprint density at radius 2 is 1.76 bits per heavy atom. The first-order valence-electron chi connectivity index (χ1n) is 9.47. The van der Waals surface area contributed by atoms with E-state index in [4.69, 9.17) is 16.3 Å². The van der Waals surface area contributed by atoms with Crippen molar-refractivity contribution in [2.45, 2.75) is 40.7 Å². The third-order valence-corrected chi connectivity index (χ3v) is 5.73. The predicted octanol–water partition coefficient (Wildman–Crippen LogP) is 5.59. The van der Waals surface area contributed by atoms with Crippen LogP contribution in [-0.4, -0.2) is 28.0 Å². The van der Waals surface area contributed by atoms with Gasteiger partial charge in [0.1, 0.15) is 11.4 Å². The van der Waals surface area contributed by atoms with Crippen LogP contribution >= 0.6 is 11.6 Å². The first kappa shape index (κ1) is 20.9. The third-order valence-electron chi connectivity index (χ3n) is 5.13. The number of carbonyl (C=O) groups excluding carboxylic acids is 1. The zero-order valence-electron chi connectivity index (χ0n) is 17.0. The molecule has 1 heterocycles. The predicted molar refractivity (Wildman–Crippen MR) is 115 cm³/mol. The standard InChI is InChI=1S/C23H24ClNO4/c1-13-10-18(11-14(2)21(13)24)29-9-5-8-25-20-7-6-17(16(4)26)12-19(20)15(3)22(25)23(27)28/h6-7,10-12H,5,8-9H2,1-4H3,(H,27,28). The van der Waals surface area contributed by atoms with E-state index in [1.165, 1.54) is 6.92 Å². The fourth-order valence-corrected chi connectivity index (χ4v) is 3.76. The summed E-state index contributed by atoms with van der Waals surface area (Å²) in [5, 5.41) is 11.2. The number of fused-ring (bicyclic) bond motifs is 1. The van der Waals surface area contributed by atoms with E-state index in [0.29, 0.717) is 30.7 Å². The zero-order chi connectivity index (χ0) is 21.3. The number of aromatic nitrogens is 1. The number of benzene rings is 2. The fourth-order valence-electron chi connectivity index (χ4n) is 3.65. The van der Waals surface area contributed by atoms with Gasteiger partial charge in [-0.05, 0) is 81.1 Å². The molecule has 0 unspecified atom stereocenters. The van der Waals surface area contributed by atoms with Crippen molar-refractivity contribution in [1.82, 2.24) is 4.57 Å². The number of Topliss-reactive ketones (excluding diaryl/α,β-unsaturated/α-hetero) is 1. The minimum atomic E-state index is -0.979. The Bertz CT molecular complexity index is 1090. The summed E-state index contributed by atoms with van der Waals surface area (Å²) in [6.07, 6.45) is 0.638. The number of ketones is 1. The number of rotatable bonds is 7. The first-order chi connectivity index (χ1) is 13.7. The highest BCUT2D eigenvalue weighted by atomic mass is 35.5. The molecule has 29 heavy (non-hydrogen) atoms. The van der Waals surface area contributed by atoms with Gasteiger partial charge in [0.2, 0.25) is 0 Å². The molecule has 0 saturated carbocycles. The molecule has 0 aliphatic heterocycles. The van der Waals surface area contributed by atoms with Crippen LogP contribution in [0.2, 0.25) is 5.02 Å². The highest BCUT2D eigenvalue weighted by molar-refractivity contribution is 6.32. The summed E-state index contributed by atoms with van der Waals surface area (Å²) in [7, 11) is 0. The number of carboxylic acid groups (broad SMARTS) is 1. The summed E-state index contributed by atoms with van der Waals surface area (Å²) in [6, 6.07) is 9.12. The zero-order valence-corrected chi connectivity index (χ0v) is 17.8. The molecule has 0 fully saturated rings. The highest BCUT2D eigenvalue weighted by Crippen LogP contribution is 2.28. The molecule has 6 heteroatoms. The van der Waals surface area contributed by atoms with Gasteiger partial charge in [-0.15, -0.1) is 0 Å². The minimum absolute atomic E-state index is 0.0436. The van der Waals surface area contributed by atoms with Crippen molar-refractivity contribution in [1.29, 1.82) is 0 Å². The Kier molecular flexibility index (Phi) is 5.99. The first-order valence-corrected chi connectivity index (χ1v) is 9.85. The number of nitrogens with zero attached hydrogens (tertiary/aromatic N) is 1. The normalized spacial score (nSPS) is 11.1. The van der Waals surface area contributed by atoms with Crippen LogP contribution in [0.1, 0.15) is 50.9 Å². The van der Waals surface area contributed by atoms with E-state index in [0.717, 1.165) is 32.8 Å². The third kappa shape index (κ3) is 4.15. The van der Waals surface area contributed by atoms with Gasteiger partial charge in [0.15, 0.2) is 5.78 Å². The number of ether oxygens (including phenoxy) is 1. The maximum absolute atomic E-state index is 11.9. The smallest absolute Gasteiger partial charge is 0.352 e. The quantitative estimate of drug-likeness (QED) is 0.405. The Morgan fingerprint density at radius 3 is 2.34 bits per heavy atom. The van der Waals surface area contributed by atoms with Crippen molar-refractivity contribution < 1.29 is 19.4 Å². The largest absolute Gasteiger partial charge is 0.494 e. The fraction of sp³-hybridized carbons (Fsp3) is 0.304. The Balaban J connectivity index is 1.81. The molecule has 2 aromatic carbocycles. The Morgan fingerprint density at radius 1 is 1.10 bits per heavy atom. The monoisotopic (exact) mass is 413 g/mol. The molecule has 0 atom stereocenters. The summed E-state index contributed by atoms with van der Waals surface area (Å²) < 4.78 is 7.64. The van der Waals surface area contributed by atoms with Crippen LogP contribution in [0.25, 0.3) is 10.9 Å². The van der Waals surface area contributed by atoms with Gasteiger partial charge in [0.05, 0.1) is 6.61 Å². The molecule has 0 bridgehead atoms. The lowest BCUT2D eigenvalue weighted by atomic mass is 10.1. The SMILES string of the molecule is CC(=O)c1ccc2c(c1)c(C)c(C(=O)O)n2CCCOc1cc(C)c(Cl)c(C)c1. The van der Waals surface area contributed by atoms with E-state index >= 15 is 0 Å². The van der Waals surface area contributed by atoms with Crippen LogP contribution < -0.4 is 4.74 Å². The second kappa shape index (κ2) is 8.29. The van der Waals surface area contributed by atoms with Gasteiger partial charge in [-0.25, -0.2) is 4.79 Å². The number of hydrogen-bond acceptors (Lipinski definition) is 3. The molecular weight excluding hydrogens is 390 g/mol. The van der Waals surface area contributed by atoms with Gasteiger partial charge in [0.25, 0.3) is 0 Å². The number of aryl methyl sites for hydroxylation is 4. The van der Waals surface area contributed by atoms with Crippen LogP contribution in [0.5, 0.6) is 5.75 Å². The molecule has 3 aromatic rings. The number of halogens is 1. The van der Waals surface area contributed by atoms with Gasteiger partial charge in [0, 0.05) is 28.0 Å². The van der Waals surface area contributed by atoms with E-state index in [9.17, 15) is 14.7 Å². The van der Waals surface area contributed by atoms with Gasteiger partial charge >= 0.3 is 5.97 Å². The lowest BCUT2D eigenvalue weighted by Gasteiger charge is -2.12. The number of carboxylic acids is 1. The molecule has 1 aromatic heterocycles. The van der Waals surface area contributed by atoms with Crippen molar-refractivity contribution in [3.05, 3.63) is 63.3 Å². The van der Waals surface area contributed by atoms with Crippen LogP contribution in [0, 0.1) is 20.8 Å². The van der Waals surface area contributed by atoms with Crippen LogP contribution in [0.4, 0.5) is 0 Å². The van der Waals surface area contributed by atoms with Crippen molar-refractivity contribution in [3.8, 4) is 5.75 Å². The number of carbonyl (C=O) groups is 2. The summed E-state index contributed by atoms with van der Waals surface area (Å²) >= 11 is 6.19. The maximum Gasteiger partial charge on any atom is 0.352 e. The molecule has 0 aliphatic rings. The summed E-state index contributed by atoms with van der Waals surface area (Å²) in [5.74, 6) is -0.270. The molecule has 0 radical (unpaired) electrons. The molecule has 3 rings (SSSR count). The molecule has 0 aliphatic carbocycles.